The Morgan fingerprint density at radius 3 is 3.00 bits per heavy atom. The maximum atomic E-state index is 4.68. The molecule has 1 N–H and O–H groups in total. The van der Waals surface area contributed by atoms with Crippen LogP contribution < -0.4 is 5.32 Å². The first-order chi connectivity index (χ1) is 7.85. The highest BCUT2D eigenvalue weighted by atomic mass is 15.3. The SMILES string of the molecule is CCC1CCCCC1n1ccc(CNC)n1. The Bertz CT molecular complexity index is 319. The van der Waals surface area contributed by atoms with E-state index in [-0.39, 0.29) is 0 Å². The van der Waals surface area contributed by atoms with Crippen molar-refractivity contribution in [1.29, 1.82) is 0 Å². The molecule has 0 amide bonds. The van der Waals surface area contributed by atoms with Gasteiger partial charge in [-0.3, -0.25) is 4.68 Å². The first kappa shape index (κ1) is 11.6. The van der Waals surface area contributed by atoms with Crippen molar-refractivity contribution in [3.05, 3.63) is 18.0 Å². The molecule has 1 aromatic rings. The largest absolute Gasteiger partial charge is 0.314 e. The third kappa shape index (κ3) is 2.46. The Balaban J connectivity index is 2.08. The molecule has 0 spiro atoms. The Hall–Kier alpha value is -0.830. The molecule has 1 aliphatic carbocycles. The highest BCUT2D eigenvalue weighted by Crippen LogP contribution is 2.35. The first-order valence-electron chi connectivity index (χ1n) is 6.53. The summed E-state index contributed by atoms with van der Waals surface area (Å²) in [6.07, 6.45) is 8.89. The number of hydrogen-bond acceptors (Lipinski definition) is 2. The summed E-state index contributed by atoms with van der Waals surface area (Å²) in [5.41, 5.74) is 1.16. The molecular formula is C13H23N3. The van der Waals surface area contributed by atoms with Gasteiger partial charge in [0.25, 0.3) is 0 Å². The monoisotopic (exact) mass is 221 g/mol. The van der Waals surface area contributed by atoms with Gasteiger partial charge in [0.1, 0.15) is 0 Å². The Morgan fingerprint density at radius 2 is 2.25 bits per heavy atom. The minimum atomic E-state index is 0.643. The van der Waals surface area contributed by atoms with Crippen LogP contribution in [0.4, 0.5) is 0 Å². The van der Waals surface area contributed by atoms with E-state index >= 15 is 0 Å². The highest BCUT2D eigenvalue weighted by Gasteiger charge is 2.25. The molecule has 1 fully saturated rings. The molecule has 1 saturated carbocycles. The van der Waals surface area contributed by atoms with Gasteiger partial charge in [0.2, 0.25) is 0 Å². The molecule has 2 unspecified atom stereocenters. The van der Waals surface area contributed by atoms with Gasteiger partial charge in [-0.2, -0.15) is 5.10 Å². The molecule has 0 aromatic carbocycles. The number of rotatable bonds is 4. The second-order valence-electron chi connectivity index (χ2n) is 4.84. The minimum absolute atomic E-state index is 0.643. The van der Waals surface area contributed by atoms with Crippen LogP contribution in [0.2, 0.25) is 0 Å². The van der Waals surface area contributed by atoms with Gasteiger partial charge in [-0.15, -0.1) is 0 Å². The van der Waals surface area contributed by atoms with Crippen LogP contribution in [0.5, 0.6) is 0 Å². The molecule has 0 radical (unpaired) electrons. The Morgan fingerprint density at radius 1 is 1.44 bits per heavy atom. The predicted octanol–water partition coefficient (Wildman–Crippen LogP) is 2.74. The van der Waals surface area contributed by atoms with E-state index in [0.717, 1.165) is 18.2 Å². The highest BCUT2D eigenvalue weighted by molar-refractivity contribution is 5.00. The molecule has 0 aliphatic heterocycles. The second kappa shape index (κ2) is 5.48. The van der Waals surface area contributed by atoms with E-state index in [1.165, 1.54) is 32.1 Å². The van der Waals surface area contributed by atoms with Crippen molar-refractivity contribution in [2.75, 3.05) is 7.05 Å². The van der Waals surface area contributed by atoms with E-state index in [2.05, 4.69) is 34.3 Å². The summed E-state index contributed by atoms with van der Waals surface area (Å²) >= 11 is 0. The normalized spacial score (nSPS) is 25.9. The molecule has 2 rings (SSSR count). The molecule has 1 heterocycles. The smallest absolute Gasteiger partial charge is 0.0762 e. The van der Waals surface area contributed by atoms with E-state index < -0.39 is 0 Å². The van der Waals surface area contributed by atoms with Crippen molar-refractivity contribution in [2.45, 2.75) is 51.6 Å². The topological polar surface area (TPSA) is 29.9 Å². The number of hydrogen-bond donors (Lipinski definition) is 1. The third-order valence-electron chi connectivity index (χ3n) is 3.75. The summed E-state index contributed by atoms with van der Waals surface area (Å²) in [5.74, 6) is 0.830. The van der Waals surface area contributed by atoms with Crippen LogP contribution >= 0.6 is 0 Å². The molecule has 2 atom stereocenters. The molecule has 0 bridgehead atoms. The fourth-order valence-electron chi connectivity index (χ4n) is 2.85. The molecule has 0 saturated heterocycles. The third-order valence-corrected chi connectivity index (χ3v) is 3.75. The first-order valence-corrected chi connectivity index (χ1v) is 6.53. The van der Waals surface area contributed by atoms with Crippen LogP contribution in [0.1, 0.15) is 50.8 Å². The summed E-state index contributed by atoms with van der Waals surface area (Å²) in [4.78, 5) is 0. The van der Waals surface area contributed by atoms with Crippen LogP contribution in [-0.4, -0.2) is 16.8 Å². The number of nitrogens with one attached hydrogen (secondary N) is 1. The zero-order valence-electron chi connectivity index (χ0n) is 10.4. The number of aromatic nitrogens is 2. The summed E-state index contributed by atoms with van der Waals surface area (Å²) in [6.45, 7) is 3.18. The second-order valence-corrected chi connectivity index (χ2v) is 4.84. The molecular weight excluding hydrogens is 198 g/mol. The zero-order valence-corrected chi connectivity index (χ0v) is 10.4. The van der Waals surface area contributed by atoms with E-state index in [4.69, 9.17) is 0 Å². The lowest BCUT2D eigenvalue weighted by Crippen LogP contribution is -2.23. The van der Waals surface area contributed by atoms with Gasteiger partial charge in [-0.1, -0.05) is 26.2 Å². The fraction of sp³-hybridized carbons (Fsp3) is 0.769. The van der Waals surface area contributed by atoms with E-state index in [9.17, 15) is 0 Å². The quantitative estimate of drug-likeness (QED) is 0.847. The molecule has 16 heavy (non-hydrogen) atoms. The van der Waals surface area contributed by atoms with Gasteiger partial charge < -0.3 is 5.32 Å². The summed E-state index contributed by atoms with van der Waals surface area (Å²) < 4.78 is 2.21. The van der Waals surface area contributed by atoms with Gasteiger partial charge in [-0.25, -0.2) is 0 Å². The molecule has 1 aromatic heterocycles. The Kier molecular flexibility index (Phi) is 3.99. The molecule has 90 valence electrons. The van der Waals surface area contributed by atoms with E-state index in [1.807, 2.05) is 7.05 Å². The molecule has 3 heteroatoms. The maximum absolute atomic E-state index is 4.68. The summed E-state index contributed by atoms with van der Waals surface area (Å²) in [7, 11) is 1.97. The number of nitrogens with zero attached hydrogens (tertiary/aromatic N) is 2. The van der Waals surface area contributed by atoms with Crippen molar-refractivity contribution in [1.82, 2.24) is 15.1 Å². The van der Waals surface area contributed by atoms with Gasteiger partial charge in [-0.05, 0) is 31.9 Å². The molecule has 1 aliphatic rings. The molecule has 3 nitrogen and oxygen atoms in total. The van der Waals surface area contributed by atoms with Crippen molar-refractivity contribution < 1.29 is 0 Å². The summed E-state index contributed by atoms with van der Waals surface area (Å²) in [6, 6.07) is 2.78. The fourth-order valence-corrected chi connectivity index (χ4v) is 2.85. The van der Waals surface area contributed by atoms with E-state index in [0.29, 0.717) is 6.04 Å². The zero-order chi connectivity index (χ0) is 11.4. The van der Waals surface area contributed by atoms with Gasteiger partial charge in [0.15, 0.2) is 0 Å². The van der Waals surface area contributed by atoms with Crippen LogP contribution in [0.25, 0.3) is 0 Å². The van der Waals surface area contributed by atoms with Crippen LogP contribution in [0.15, 0.2) is 12.3 Å². The van der Waals surface area contributed by atoms with Crippen LogP contribution in [0, 0.1) is 5.92 Å². The average Bonchev–Trinajstić information content (AvgIpc) is 2.78. The van der Waals surface area contributed by atoms with Crippen molar-refractivity contribution in [3.63, 3.8) is 0 Å². The minimum Gasteiger partial charge on any atom is -0.314 e. The van der Waals surface area contributed by atoms with Gasteiger partial charge in [0, 0.05) is 12.7 Å². The lowest BCUT2D eigenvalue weighted by Gasteiger charge is -2.31. The van der Waals surface area contributed by atoms with E-state index in [1.54, 1.807) is 0 Å². The van der Waals surface area contributed by atoms with Crippen molar-refractivity contribution in [3.8, 4) is 0 Å². The predicted molar refractivity (Wildman–Crippen MR) is 66.3 cm³/mol. The van der Waals surface area contributed by atoms with Crippen molar-refractivity contribution in [2.24, 2.45) is 5.92 Å². The summed E-state index contributed by atoms with van der Waals surface area (Å²) in [5, 5.41) is 7.83. The van der Waals surface area contributed by atoms with Gasteiger partial charge >= 0.3 is 0 Å². The average molecular weight is 221 g/mol. The standard InChI is InChI=1S/C13H23N3/c1-3-11-6-4-5-7-13(11)16-9-8-12(15-16)10-14-2/h8-9,11,13-14H,3-7,10H2,1-2H3. The maximum Gasteiger partial charge on any atom is 0.0762 e. The van der Waals surface area contributed by atoms with Gasteiger partial charge in [0.05, 0.1) is 11.7 Å². The van der Waals surface area contributed by atoms with Crippen molar-refractivity contribution >= 4 is 0 Å². The van der Waals surface area contributed by atoms with Crippen LogP contribution in [-0.2, 0) is 6.54 Å². The lowest BCUT2D eigenvalue weighted by atomic mass is 9.83. The van der Waals surface area contributed by atoms with Crippen LogP contribution in [0.3, 0.4) is 0 Å². The Labute approximate surface area is 98.2 Å². The lowest BCUT2D eigenvalue weighted by molar-refractivity contribution is 0.216.